The molecule has 18 aromatic carbocycles. The van der Waals surface area contributed by atoms with Gasteiger partial charge in [0.05, 0.1) is 44.5 Å². The van der Waals surface area contributed by atoms with Crippen LogP contribution < -0.4 is 0 Å². The van der Waals surface area contributed by atoms with E-state index >= 15 is 0 Å². The summed E-state index contributed by atoms with van der Waals surface area (Å²) in [6.07, 6.45) is 0. The summed E-state index contributed by atoms with van der Waals surface area (Å²) < 4.78 is 9.64. The van der Waals surface area contributed by atoms with Gasteiger partial charge in [0.25, 0.3) is 0 Å². The first-order valence-corrected chi connectivity index (χ1v) is 38.9. The highest BCUT2D eigenvalue weighted by Gasteiger charge is 2.24. The maximum atomic E-state index is 5.48. The predicted octanol–water partition coefficient (Wildman–Crippen LogP) is 28.3. The van der Waals surface area contributed by atoms with Crippen LogP contribution in [-0.2, 0) is 0 Å². The third-order valence-electron chi connectivity index (χ3n) is 22.5. The van der Waals surface area contributed by atoms with Gasteiger partial charge in [0.15, 0.2) is 0 Å². The predicted molar refractivity (Wildman–Crippen MR) is 468 cm³/mol. The van der Waals surface area contributed by atoms with Gasteiger partial charge in [0.2, 0.25) is 11.9 Å². The Kier molecular flexibility index (Phi) is 14.0. The Hall–Kier alpha value is -14.0. The van der Waals surface area contributed by atoms with Gasteiger partial charge in [-0.25, -0.2) is 19.9 Å². The number of para-hydroxylation sites is 2. The summed E-state index contributed by atoms with van der Waals surface area (Å²) in [6.45, 7) is 0. The molecule has 6 aromatic heterocycles. The molecule has 24 rings (SSSR count). The molecule has 110 heavy (non-hydrogen) atoms. The third kappa shape index (κ3) is 10.1. The Morgan fingerprint density at radius 3 is 1.02 bits per heavy atom. The minimum absolute atomic E-state index is 0.664. The van der Waals surface area contributed by atoms with Crippen LogP contribution in [0, 0.1) is 0 Å². The largest absolute Gasteiger partial charge is 0.278 e. The van der Waals surface area contributed by atoms with E-state index in [4.69, 9.17) is 19.9 Å². The lowest BCUT2D eigenvalue weighted by atomic mass is 9.98. The fourth-order valence-corrected chi connectivity index (χ4v) is 19.6. The Bertz CT molecular complexity index is 7980. The highest BCUT2D eigenvalue weighted by Crippen LogP contribution is 2.46. The lowest BCUT2D eigenvalue weighted by molar-refractivity contribution is 1.01. The first-order chi connectivity index (χ1) is 54.5. The van der Waals surface area contributed by atoms with Crippen molar-refractivity contribution in [1.29, 1.82) is 0 Å². The molecule has 24 aromatic rings. The molecule has 0 aliphatic heterocycles. The Morgan fingerprint density at radius 1 is 0.182 bits per heavy atom. The molecular formula is C102H60N6S2. The number of nitrogens with zero attached hydrogens (tertiary/aromatic N) is 6. The quantitative estimate of drug-likeness (QED) is 0.160. The van der Waals surface area contributed by atoms with Crippen molar-refractivity contribution in [3.8, 4) is 67.8 Å². The molecule has 0 unspecified atom stereocenters. The molecule has 0 N–H and O–H groups in total. The van der Waals surface area contributed by atoms with Gasteiger partial charge in [-0.15, -0.1) is 22.7 Å². The first-order valence-electron chi connectivity index (χ1n) is 37.3. The van der Waals surface area contributed by atoms with Gasteiger partial charge in [-0.05, 0) is 178 Å². The van der Waals surface area contributed by atoms with Crippen LogP contribution in [0.1, 0.15) is 0 Å². The highest BCUT2D eigenvalue weighted by molar-refractivity contribution is 7.26. The second-order valence-corrected chi connectivity index (χ2v) is 31.0. The van der Waals surface area contributed by atoms with Crippen LogP contribution in [0.25, 0.3) is 227 Å². The van der Waals surface area contributed by atoms with Crippen molar-refractivity contribution in [2.24, 2.45) is 0 Å². The summed E-state index contributed by atoms with van der Waals surface area (Å²) in [6, 6.07) is 132. The van der Waals surface area contributed by atoms with Crippen LogP contribution in [0.4, 0.5) is 0 Å². The van der Waals surface area contributed by atoms with E-state index < -0.39 is 0 Å². The monoisotopic (exact) mass is 1430 g/mol. The number of thiophene rings is 2. The van der Waals surface area contributed by atoms with Gasteiger partial charge >= 0.3 is 0 Å². The normalized spacial score (nSPS) is 12.0. The van der Waals surface area contributed by atoms with Crippen molar-refractivity contribution < 1.29 is 0 Å². The van der Waals surface area contributed by atoms with Crippen LogP contribution >= 0.6 is 22.7 Å². The van der Waals surface area contributed by atoms with Gasteiger partial charge < -0.3 is 0 Å². The molecule has 0 spiro atoms. The van der Waals surface area contributed by atoms with Crippen LogP contribution in [-0.4, -0.2) is 29.1 Å². The number of hydrogen-bond acceptors (Lipinski definition) is 6. The number of aromatic nitrogens is 6. The van der Waals surface area contributed by atoms with Crippen LogP contribution in [0.5, 0.6) is 0 Å². The topological polar surface area (TPSA) is 61.4 Å². The number of rotatable bonds is 7. The molecule has 0 amide bonds. The molecule has 0 bridgehead atoms. The summed E-state index contributed by atoms with van der Waals surface area (Å²) in [5.41, 5.74) is 17.4. The van der Waals surface area contributed by atoms with E-state index in [-0.39, 0.29) is 0 Å². The zero-order valence-electron chi connectivity index (χ0n) is 59.1. The number of fused-ring (bicyclic) bond motifs is 21. The van der Waals surface area contributed by atoms with Gasteiger partial charge in [0, 0.05) is 83.8 Å². The molecule has 0 aliphatic carbocycles. The Morgan fingerprint density at radius 2 is 0.518 bits per heavy atom. The summed E-state index contributed by atoms with van der Waals surface area (Å²) in [4.78, 5) is 21.5. The van der Waals surface area contributed by atoms with Crippen molar-refractivity contribution in [1.82, 2.24) is 29.1 Å². The molecule has 6 heterocycles. The van der Waals surface area contributed by atoms with Gasteiger partial charge in [0.1, 0.15) is 0 Å². The maximum Gasteiger partial charge on any atom is 0.235 e. The molecule has 510 valence electrons. The number of benzene rings is 18. The SMILES string of the molecule is c1ccc(-c2ccc(-c3ccc4c(c3)c3c5ccccc5ccc3n4-c3nc(-c4ccc5c(c4)sc4cc6ccccc6cc45)c4ccccc4n3)cc2)cc1.c1ccc2cc(-c3ccc4c(c3)c3c5ccccc5ccc3n4-c3nc(-c4ccc5c(c4)sc4cc6ccccc6cc45)c4ccccc4n3)ccc2c1. The van der Waals surface area contributed by atoms with Crippen molar-refractivity contribution in [3.63, 3.8) is 0 Å². The van der Waals surface area contributed by atoms with E-state index in [0.717, 1.165) is 66.4 Å². The molecule has 8 heteroatoms. The average Bonchev–Trinajstić information content (AvgIpc) is 1.57. The summed E-state index contributed by atoms with van der Waals surface area (Å²) in [5, 5.41) is 24.4. The van der Waals surface area contributed by atoms with E-state index in [2.05, 4.69) is 373 Å². The number of hydrogen-bond donors (Lipinski definition) is 0. The molecule has 0 fully saturated rings. The zero-order valence-corrected chi connectivity index (χ0v) is 60.8. The molecule has 0 aliphatic rings. The van der Waals surface area contributed by atoms with E-state index in [9.17, 15) is 0 Å². The van der Waals surface area contributed by atoms with Crippen LogP contribution in [0.2, 0.25) is 0 Å². The van der Waals surface area contributed by atoms with E-state index in [0.29, 0.717) is 11.9 Å². The summed E-state index contributed by atoms with van der Waals surface area (Å²) in [7, 11) is 0. The lowest BCUT2D eigenvalue weighted by Crippen LogP contribution is -2.03. The molecule has 0 radical (unpaired) electrons. The smallest absolute Gasteiger partial charge is 0.235 e. The van der Waals surface area contributed by atoms with Crippen LogP contribution in [0.15, 0.2) is 364 Å². The van der Waals surface area contributed by atoms with Crippen molar-refractivity contribution in [2.75, 3.05) is 0 Å². The van der Waals surface area contributed by atoms with Gasteiger partial charge in [-0.1, -0.05) is 273 Å². The molecule has 0 saturated heterocycles. The average molecular weight is 1430 g/mol. The lowest BCUT2D eigenvalue weighted by Gasteiger charge is -2.12. The Balaban J connectivity index is 0.000000132. The molecule has 0 atom stereocenters. The second kappa shape index (κ2) is 24.8. The minimum Gasteiger partial charge on any atom is -0.278 e. The van der Waals surface area contributed by atoms with Crippen molar-refractivity contribution >= 4 is 182 Å². The zero-order chi connectivity index (χ0) is 72.1. The van der Waals surface area contributed by atoms with E-state index in [1.807, 2.05) is 22.7 Å². The van der Waals surface area contributed by atoms with Crippen LogP contribution in [0.3, 0.4) is 0 Å². The van der Waals surface area contributed by atoms with E-state index in [1.54, 1.807) is 0 Å². The standard InChI is InChI=1S/C52H31N3S.C50H29N3S/c1-2-10-32(11-3-1)33-18-20-34(21-19-33)38-24-26-46-44(29-38)50-40-15-7-6-12-35(40)23-27-47(50)55(46)52-53-45-17-9-8-16-42(45)51(54-52)39-22-25-41-43-28-36-13-4-5-14-37(36)30-49(43)56-48(41)31-39;1-2-11-32-25-35(18-17-30(32)9-1)36-21-23-44-42(27-36)48-38-14-6-5-10-31(38)20-24-45(48)53(44)50-51-43-16-8-7-15-40(43)49(52-50)37-19-22-39-41-26-33-12-3-4-13-34(33)28-47(41)54-46(39)29-37/h1-31H;1-29H. The van der Waals surface area contributed by atoms with E-state index in [1.165, 1.54) is 149 Å². The third-order valence-corrected chi connectivity index (χ3v) is 24.8. The summed E-state index contributed by atoms with van der Waals surface area (Å²) >= 11 is 3.70. The van der Waals surface area contributed by atoms with Crippen molar-refractivity contribution in [3.05, 3.63) is 364 Å². The first kappa shape index (κ1) is 62.2. The van der Waals surface area contributed by atoms with Gasteiger partial charge in [-0.2, -0.15) is 0 Å². The maximum absolute atomic E-state index is 5.48. The molecular weight excluding hydrogens is 1370 g/mol. The summed E-state index contributed by atoms with van der Waals surface area (Å²) in [5.74, 6) is 1.33. The van der Waals surface area contributed by atoms with Crippen molar-refractivity contribution in [2.45, 2.75) is 0 Å². The highest BCUT2D eigenvalue weighted by atomic mass is 32.1. The minimum atomic E-state index is 0.664. The second-order valence-electron chi connectivity index (χ2n) is 28.8. The fourth-order valence-electron chi connectivity index (χ4n) is 17.2. The van der Waals surface area contributed by atoms with Gasteiger partial charge in [-0.3, -0.25) is 9.13 Å². The Labute approximate surface area is 638 Å². The fraction of sp³-hybridized carbons (Fsp3) is 0. The molecule has 0 saturated carbocycles. The molecule has 6 nitrogen and oxygen atoms in total.